The number of likely N-dealkylation sites (tertiary alicyclic amines) is 1. The van der Waals surface area contributed by atoms with Crippen LogP contribution in [0.25, 0.3) is 0 Å². The van der Waals surface area contributed by atoms with E-state index in [2.05, 4.69) is 29.2 Å². The molecule has 1 aromatic carbocycles. The predicted octanol–water partition coefficient (Wildman–Crippen LogP) is 3.10. The Balaban J connectivity index is 1.90. The van der Waals surface area contributed by atoms with Gasteiger partial charge < -0.3 is 10.5 Å². The molecule has 0 aromatic heterocycles. The largest absolute Gasteiger partial charge is 0.380 e. The van der Waals surface area contributed by atoms with E-state index >= 15 is 0 Å². The van der Waals surface area contributed by atoms with Crippen molar-refractivity contribution in [3.05, 3.63) is 35.4 Å². The van der Waals surface area contributed by atoms with Gasteiger partial charge in [-0.25, -0.2) is 0 Å². The Morgan fingerprint density at radius 3 is 2.81 bits per heavy atom. The van der Waals surface area contributed by atoms with E-state index in [0.29, 0.717) is 18.6 Å². The average molecular weight is 288 g/mol. The van der Waals surface area contributed by atoms with E-state index in [9.17, 15) is 0 Å². The van der Waals surface area contributed by atoms with Gasteiger partial charge in [-0.15, -0.1) is 0 Å². The predicted molar refractivity (Wildman–Crippen MR) is 86.0 cm³/mol. The van der Waals surface area contributed by atoms with Gasteiger partial charge in [0.25, 0.3) is 0 Å². The van der Waals surface area contributed by atoms with Crippen molar-refractivity contribution < 1.29 is 4.74 Å². The Labute approximate surface area is 128 Å². The second-order valence-electron chi connectivity index (χ2n) is 6.58. The molecule has 2 aliphatic rings. The van der Waals surface area contributed by atoms with Gasteiger partial charge in [0, 0.05) is 19.2 Å². The molecule has 1 aliphatic heterocycles. The van der Waals surface area contributed by atoms with Gasteiger partial charge in [0.1, 0.15) is 0 Å². The van der Waals surface area contributed by atoms with Crippen LogP contribution in [0.15, 0.2) is 24.3 Å². The van der Waals surface area contributed by atoms with Crippen LogP contribution < -0.4 is 5.73 Å². The highest BCUT2D eigenvalue weighted by molar-refractivity contribution is 5.27. The molecule has 1 heterocycles. The summed E-state index contributed by atoms with van der Waals surface area (Å²) in [6.07, 6.45) is 6.64. The summed E-state index contributed by atoms with van der Waals surface area (Å²) in [5, 5.41) is 0. The minimum Gasteiger partial charge on any atom is -0.380 e. The molecule has 1 aliphatic carbocycles. The van der Waals surface area contributed by atoms with E-state index in [4.69, 9.17) is 10.5 Å². The Hall–Kier alpha value is -0.900. The Morgan fingerprint density at radius 2 is 2.10 bits per heavy atom. The number of methoxy groups -OCH3 is 1. The summed E-state index contributed by atoms with van der Waals surface area (Å²) in [5.41, 5.74) is 8.84. The molecule has 0 amide bonds. The highest BCUT2D eigenvalue weighted by atomic mass is 16.5. The lowest BCUT2D eigenvalue weighted by Crippen LogP contribution is -2.37. The molecule has 2 N–H and O–H groups in total. The molecule has 3 heteroatoms. The van der Waals surface area contributed by atoms with Gasteiger partial charge in [0.05, 0.1) is 6.61 Å². The number of benzene rings is 1. The van der Waals surface area contributed by atoms with Crippen molar-refractivity contribution in [2.24, 2.45) is 11.7 Å². The molecule has 2 fully saturated rings. The molecule has 0 spiro atoms. The number of hydrogen-bond acceptors (Lipinski definition) is 3. The fraction of sp³-hybridized carbons (Fsp3) is 0.667. The van der Waals surface area contributed by atoms with Crippen molar-refractivity contribution in [1.29, 1.82) is 0 Å². The fourth-order valence-corrected chi connectivity index (χ4v) is 3.83. The maximum atomic E-state index is 6.13. The maximum Gasteiger partial charge on any atom is 0.0713 e. The van der Waals surface area contributed by atoms with Crippen LogP contribution in [0.4, 0.5) is 0 Å². The van der Waals surface area contributed by atoms with Crippen LogP contribution in [-0.2, 0) is 11.3 Å². The molecular formula is C18H28N2O. The number of ether oxygens (including phenoxy) is 1. The van der Waals surface area contributed by atoms with E-state index in [0.717, 1.165) is 12.6 Å². The molecule has 3 nitrogen and oxygen atoms in total. The monoisotopic (exact) mass is 288 g/mol. The molecule has 2 atom stereocenters. The minimum absolute atomic E-state index is 0.502. The molecule has 0 bridgehead atoms. The van der Waals surface area contributed by atoms with Crippen molar-refractivity contribution in [2.45, 2.75) is 50.8 Å². The number of nitrogens with zero attached hydrogens (tertiary/aromatic N) is 1. The zero-order valence-corrected chi connectivity index (χ0v) is 13.1. The second-order valence-corrected chi connectivity index (χ2v) is 6.58. The normalized spacial score (nSPS) is 27.5. The zero-order valence-electron chi connectivity index (χ0n) is 13.1. The SMILES string of the molecule is COCc1cccc(C2C(CN)CCCCN2C2CC2)c1. The first-order chi connectivity index (χ1) is 10.3. The van der Waals surface area contributed by atoms with Crippen LogP contribution in [0.1, 0.15) is 49.3 Å². The van der Waals surface area contributed by atoms with Crippen molar-refractivity contribution in [3.63, 3.8) is 0 Å². The van der Waals surface area contributed by atoms with E-state index < -0.39 is 0 Å². The summed E-state index contributed by atoms with van der Waals surface area (Å²) in [4.78, 5) is 2.75. The standard InChI is InChI=1S/C18H28N2O/c1-21-13-14-5-4-7-15(11-14)18-16(12-19)6-2-3-10-20(18)17-8-9-17/h4-5,7,11,16-18H,2-3,6,8-10,12-13,19H2,1H3. The van der Waals surface area contributed by atoms with E-state index in [-0.39, 0.29) is 0 Å². The molecule has 1 saturated carbocycles. The van der Waals surface area contributed by atoms with Gasteiger partial charge in [0.2, 0.25) is 0 Å². The van der Waals surface area contributed by atoms with Crippen LogP contribution in [0.2, 0.25) is 0 Å². The van der Waals surface area contributed by atoms with E-state index in [1.54, 1.807) is 7.11 Å². The number of rotatable bonds is 5. The third-order valence-corrected chi connectivity index (χ3v) is 4.97. The van der Waals surface area contributed by atoms with Gasteiger partial charge in [-0.2, -0.15) is 0 Å². The molecular weight excluding hydrogens is 260 g/mol. The fourth-order valence-electron chi connectivity index (χ4n) is 3.83. The van der Waals surface area contributed by atoms with E-state index in [1.807, 2.05) is 0 Å². The molecule has 116 valence electrons. The van der Waals surface area contributed by atoms with Gasteiger partial charge in [-0.3, -0.25) is 4.90 Å². The molecule has 1 saturated heterocycles. The summed E-state index contributed by atoms with van der Waals surface area (Å²) in [5.74, 6) is 0.589. The topological polar surface area (TPSA) is 38.5 Å². The lowest BCUT2D eigenvalue weighted by molar-refractivity contribution is 0.148. The summed E-state index contributed by atoms with van der Waals surface area (Å²) in [6.45, 7) is 2.72. The molecule has 1 aromatic rings. The third kappa shape index (κ3) is 3.47. The third-order valence-electron chi connectivity index (χ3n) is 4.97. The molecule has 21 heavy (non-hydrogen) atoms. The Kier molecular flexibility index (Phi) is 4.94. The van der Waals surface area contributed by atoms with Crippen LogP contribution >= 0.6 is 0 Å². The maximum absolute atomic E-state index is 6.13. The molecule has 3 rings (SSSR count). The summed E-state index contributed by atoms with van der Waals surface area (Å²) in [7, 11) is 1.76. The van der Waals surface area contributed by atoms with Gasteiger partial charge in [-0.05, 0) is 55.8 Å². The Morgan fingerprint density at radius 1 is 1.24 bits per heavy atom. The second kappa shape index (κ2) is 6.91. The quantitative estimate of drug-likeness (QED) is 0.905. The Bertz CT molecular complexity index is 458. The van der Waals surface area contributed by atoms with Gasteiger partial charge >= 0.3 is 0 Å². The van der Waals surface area contributed by atoms with Crippen LogP contribution in [-0.4, -0.2) is 31.1 Å². The van der Waals surface area contributed by atoms with Gasteiger partial charge in [0.15, 0.2) is 0 Å². The minimum atomic E-state index is 0.502. The van der Waals surface area contributed by atoms with Gasteiger partial charge in [-0.1, -0.05) is 30.7 Å². The first kappa shape index (κ1) is 15.0. The van der Waals surface area contributed by atoms with Crippen molar-refractivity contribution >= 4 is 0 Å². The molecule has 2 unspecified atom stereocenters. The summed E-state index contributed by atoms with van der Waals surface area (Å²) >= 11 is 0. The zero-order chi connectivity index (χ0) is 14.7. The number of hydrogen-bond donors (Lipinski definition) is 1. The first-order valence-corrected chi connectivity index (χ1v) is 8.37. The smallest absolute Gasteiger partial charge is 0.0713 e. The first-order valence-electron chi connectivity index (χ1n) is 8.37. The summed E-state index contributed by atoms with van der Waals surface area (Å²) in [6, 6.07) is 10.2. The lowest BCUT2D eigenvalue weighted by Gasteiger charge is -2.35. The van der Waals surface area contributed by atoms with Crippen LogP contribution in [0.5, 0.6) is 0 Å². The van der Waals surface area contributed by atoms with Crippen LogP contribution in [0, 0.1) is 5.92 Å². The highest BCUT2D eigenvalue weighted by Gasteiger charge is 2.38. The van der Waals surface area contributed by atoms with E-state index in [1.165, 1.54) is 49.8 Å². The summed E-state index contributed by atoms with van der Waals surface area (Å²) < 4.78 is 5.30. The molecule has 0 radical (unpaired) electrons. The van der Waals surface area contributed by atoms with Crippen LogP contribution in [0.3, 0.4) is 0 Å². The highest BCUT2D eigenvalue weighted by Crippen LogP contribution is 2.41. The van der Waals surface area contributed by atoms with Crippen molar-refractivity contribution in [1.82, 2.24) is 4.90 Å². The van der Waals surface area contributed by atoms with Crippen molar-refractivity contribution in [3.8, 4) is 0 Å². The van der Waals surface area contributed by atoms with Crippen molar-refractivity contribution in [2.75, 3.05) is 20.2 Å². The lowest BCUT2D eigenvalue weighted by atomic mass is 9.88. The number of nitrogens with two attached hydrogens (primary N) is 1. The average Bonchev–Trinajstić information content (AvgIpc) is 3.33.